The number of hydrogen-bond donors (Lipinski definition) is 1. The number of carbonyl (C=O) groups excluding carboxylic acids is 4. The van der Waals surface area contributed by atoms with Crippen molar-refractivity contribution in [1.29, 1.82) is 0 Å². The lowest BCUT2D eigenvalue weighted by Crippen LogP contribution is -2.63. The first kappa shape index (κ1) is 30.9. The second-order valence-electron chi connectivity index (χ2n) is 8.89. The van der Waals surface area contributed by atoms with Crippen LogP contribution >= 0.6 is 0 Å². The number of rotatable bonds is 11. The van der Waals surface area contributed by atoms with Crippen molar-refractivity contribution >= 4 is 29.8 Å². The number of carboxylic acid groups (broad SMARTS) is 1. The standard InChI is InChI=1S/C28H30O13/c1-15(29)35-13-23-25(37-16(2)30)26(38-17(3)31)27(39-18(4)32)28(41-23)40-22-8-6-5-7-21(22)19-9-11-20(12-10-19)36-14-24(33)34/h5-12,23,25-28H,13-14H2,1-4H3,(H,33,34)/t23-,25-,26+,27+,28+/m1/s1. The minimum atomic E-state index is -1.41. The number of para-hydroxylation sites is 1. The van der Waals surface area contributed by atoms with Crippen LogP contribution in [0.3, 0.4) is 0 Å². The largest absolute Gasteiger partial charge is 0.482 e. The molecule has 0 amide bonds. The van der Waals surface area contributed by atoms with E-state index in [1.165, 1.54) is 6.92 Å². The summed E-state index contributed by atoms with van der Waals surface area (Å²) >= 11 is 0. The summed E-state index contributed by atoms with van der Waals surface area (Å²) in [5.74, 6) is -3.40. The van der Waals surface area contributed by atoms with E-state index in [0.717, 1.165) is 20.8 Å². The molecule has 1 aliphatic heterocycles. The van der Waals surface area contributed by atoms with Gasteiger partial charge in [0, 0.05) is 33.3 Å². The molecule has 0 aliphatic carbocycles. The average Bonchev–Trinajstić information content (AvgIpc) is 2.89. The Bertz CT molecular complexity index is 1260. The summed E-state index contributed by atoms with van der Waals surface area (Å²) in [6, 6.07) is 13.4. The highest BCUT2D eigenvalue weighted by Crippen LogP contribution is 2.35. The molecule has 13 nitrogen and oxygen atoms in total. The summed E-state index contributed by atoms with van der Waals surface area (Å²) < 4.78 is 38.7. The van der Waals surface area contributed by atoms with E-state index in [1.807, 2.05) is 0 Å². The Balaban J connectivity index is 1.99. The summed E-state index contributed by atoms with van der Waals surface area (Å²) in [6.07, 6.45) is -6.66. The van der Waals surface area contributed by atoms with Gasteiger partial charge in [0.1, 0.15) is 24.2 Å². The minimum Gasteiger partial charge on any atom is -0.482 e. The highest BCUT2D eigenvalue weighted by molar-refractivity contribution is 5.72. The highest BCUT2D eigenvalue weighted by Gasteiger charge is 2.53. The van der Waals surface area contributed by atoms with E-state index in [9.17, 15) is 24.0 Å². The number of hydrogen-bond acceptors (Lipinski definition) is 12. The van der Waals surface area contributed by atoms with Crippen molar-refractivity contribution in [2.24, 2.45) is 0 Å². The maximum Gasteiger partial charge on any atom is 0.341 e. The van der Waals surface area contributed by atoms with Gasteiger partial charge in [-0.25, -0.2) is 4.79 Å². The third-order valence-corrected chi connectivity index (χ3v) is 5.61. The number of aliphatic carboxylic acids is 1. The molecular formula is C28H30O13. The zero-order chi connectivity index (χ0) is 30.1. The Morgan fingerprint density at radius 1 is 0.756 bits per heavy atom. The van der Waals surface area contributed by atoms with Crippen LogP contribution in [0.5, 0.6) is 11.5 Å². The number of carbonyl (C=O) groups is 5. The van der Waals surface area contributed by atoms with Crippen molar-refractivity contribution < 1.29 is 62.2 Å². The Labute approximate surface area is 235 Å². The molecule has 1 saturated heterocycles. The van der Waals surface area contributed by atoms with Gasteiger partial charge in [0.2, 0.25) is 12.4 Å². The highest BCUT2D eigenvalue weighted by atomic mass is 16.7. The molecule has 3 rings (SSSR count). The Morgan fingerprint density at radius 2 is 1.34 bits per heavy atom. The fourth-order valence-electron chi connectivity index (χ4n) is 4.09. The van der Waals surface area contributed by atoms with Crippen molar-refractivity contribution in [3.05, 3.63) is 48.5 Å². The van der Waals surface area contributed by atoms with Crippen molar-refractivity contribution in [2.75, 3.05) is 13.2 Å². The molecule has 1 aliphatic rings. The topological polar surface area (TPSA) is 170 Å². The molecule has 1 heterocycles. The number of carboxylic acids is 1. The zero-order valence-corrected chi connectivity index (χ0v) is 22.8. The maximum absolute atomic E-state index is 12.1. The van der Waals surface area contributed by atoms with Gasteiger partial charge in [-0.1, -0.05) is 30.3 Å². The molecule has 2 aromatic rings. The fourth-order valence-corrected chi connectivity index (χ4v) is 4.09. The van der Waals surface area contributed by atoms with Crippen LogP contribution in [0.25, 0.3) is 11.1 Å². The van der Waals surface area contributed by atoms with E-state index in [0.29, 0.717) is 16.9 Å². The van der Waals surface area contributed by atoms with Gasteiger partial charge in [-0.2, -0.15) is 0 Å². The lowest BCUT2D eigenvalue weighted by molar-refractivity contribution is -0.288. The van der Waals surface area contributed by atoms with Gasteiger partial charge < -0.3 is 38.3 Å². The number of benzene rings is 2. The average molecular weight is 575 g/mol. The SMILES string of the molecule is CC(=O)OC[C@H]1O[C@H](Oc2ccccc2-c2ccc(OCC(=O)O)cc2)[C@@H](OC(C)=O)[C@@H](OC(C)=O)[C@@H]1OC(C)=O. The molecule has 0 saturated carbocycles. The van der Waals surface area contributed by atoms with E-state index in [2.05, 4.69) is 0 Å². The second-order valence-corrected chi connectivity index (χ2v) is 8.89. The smallest absolute Gasteiger partial charge is 0.341 e. The van der Waals surface area contributed by atoms with Gasteiger partial charge in [0.25, 0.3) is 0 Å². The van der Waals surface area contributed by atoms with E-state index >= 15 is 0 Å². The number of esters is 4. The van der Waals surface area contributed by atoms with Gasteiger partial charge in [-0.05, 0) is 23.8 Å². The van der Waals surface area contributed by atoms with E-state index in [1.54, 1.807) is 48.5 Å². The molecular weight excluding hydrogens is 544 g/mol. The van der Waals surface area contributed by atoms with Gasteiger partial charge in [-0.15, -0.1) is 0 Å². The predicted octanol–water partition coefficient (Wildman–Crippen LogP) is 2.28. The van der Waals surface area contributed by atoms with Crippen LogP contribution in [0.4, 0.5) is 0 Å². The van der Waals surface area contributed by atoms with E-state index in [-0.39, 0.29) is 5.75 Å². The first-order valence-corrected chi connectivity index (χ1v) is 12.5. The molecule has 5 atom stereocenters. The van der Waals surface area contributed by atoms with Gasteiger partial charge in [0.15, 0.2) is 18.8 Å². The molecule has 0 spiro atoms. The molecule has 0 unspecified atom stereocenters. The van der Waals surface area contributed by atoms with Crippen LogP contribution in [0.1, 0.15) is 27.7 Å². The van der Waals surface area contributed by atoms with Crippen LogP contribution in [0.2, 0.25) is 0 Å². The molecule has 41 heavy (non-hydrogen) atoms. The molecule has 0 aromatic heterocycles. The second kappa shape index (κ2) is 14.1. The Kier molecular flexibility index (Phi) is 10.6. The van der Waals surface area contributed by atoms with E-state index < -0.39 is 73.8 Å². The molecule has 0 bridgehead atoms. The van der Waals surface area contributed by atoms with Crippen molar-refractivity contribution in [1.82, 2.24) is 0 Å². The first-order valence-electron chi connectivity index (χ1n) is 12.5. The zero-order valence-electron chi connectivity index (χ0n) is 22.8. The third-order valence-electron chi connectivity index (χ3n) is 5.61. The van der Waals surface area contributed by atoms with Crippen molar-refractivity contribution in [2.45, 2.75) is 58.4 Å². The molecule has 2 aromatic carbocycles. The van der Waals surface area contributed by atoms with Gasteiger partial charge in [0.05, 0.1) is 0 Å². The van der Waals surface area contributed by atoms with Crippen molar-refractivity contribution in [3.8, 4) is 22.6 Å². The Morgan fingerprint density at radius 3 is 1.93 bits per heavy atom. The number of ether oxygens (including phenoxy) is 7. The summed E-state index contributed by atoms with van der Waals surface area (Å²) in [5, 5.41) is 8.82. The molecule has 220 valence electrons. The van der Waals surface area contributed by atoms with Gasteiger partial charge >= 0.3 is 29.8 Å². The molecule has 1 N–H and O–H groups in total. The predicted molar refractivity (Wildman–Crippen MR) is 138 cm³/mol. The molecule has 1 fully saturated rings. The molecule has 13 heteroatoms. The minimum absolute atomic E-state index is 0.271. The fraction of sp³-hybridized carbons (Fsp3) is 0.393. The normalized spacial score (nSPS) is 21.6. The van der Waals surface area contributed by atoms with Crippen LogP contribution in [-0.2, 0) is 47.7 Å². The lowest BCUT2D eigenvalue weighted by Gasteiger charge is -2.44. The third kappa shape index (κ3) is 8.93. The summed E-state index contributed by atoms with van der Waals surface area (Å²) in [4.78, 5) is 58.4. The van der Waals surface area contributed by atoms with Crippen molar-refractivity contribution in [3.63, 3.8) is 0 Å². The lowest BCUT2D eigenvalue weighted by atomic mass is 9.98. The van der Waals surface area contributed by atoms with Crippen LogP contribution in [0.15, 0.2) is 48.5 Å². The van der Waals surface area contributed by atoms with Crippen LogP contribution in [0, 0.1) is 0 Å². The summed E-state index contributed by atoms with van der Waals surface area (Å²) in [7, 11) is 0. The monoisotopic (exact) mass is 574 g/mol. The van der Waals surface area contributed by atoms with E-state index in [4.69, 9.17) is 38.3 Å². The van der Waals surface area contributed by atoms with Crippen LogP contribution in [-0.4, -0.2) is 78.9 Å². The summed E-state index contributed by atoms with van der Waals surface area (Å²) in [5.41, 5.74) is 1.24. The quantitative estimate of drug-likeness (QED) is 0.306. The van der Waals surface area contributed by atoms with Gasteiger partial charge in [-0.3, -0.25) is 19.2 Å². The maximum atomic E-state index is 12.1. The van der Waals surface area contributed by atoms with Crippen LogP contribution < -0.4 is 9.47 Å². The Hall–Kier alpha value is -4.65. The molecule has 0 radical (unpaired) electrons. The summed E-state index contributed by atoms with van der Waals surface area (Å²) in [6.45, 7) is 3.68. The first-order chi connectivity index (χ1) is 19.4.